The lowest BCUT2D eigenvalue weighted by Gasteiger charge is -2.24. The van der Waals surface area contributed by atoms with Crippen LogP contribution in [-0.4, -0.2) is 12.6 Å². The number of aryl methyl sites for hydroxylation is 1. The molecule has 1 N–H and O–H groups in total. The van der Waals surface area contributed by atoms with Crippen LogP contribution in [0.3, 0.4) is 0 Å². The van der Waals surface area contributed by atoms with Gasteiger partial charge in [0.05, 0.1) is 0 Å². The minimum absolute atomic E-state index is 0.624. The molecule has 1 unspecified atom stereocenters. The Balaban J connectivity index is 1.82. The van der Waals surface area contributed by atoms with Gasteiger partial charge in [-0.15, -0.1) is 0 Å². The molecule has 0 saturated carbocycles. The van der Waals surface area contributed by atoms with Crippen LogP contribution in [-0.2, 0) is 6.42 Å². The maximum atomic E-state index is 3.76. The molecule has 0 heterocycles. The number of nitrogens with one attached hydrogen (secondary N) is 1. The molecular weight excluding hydrogens is 242 g/mol. The molecule has 0 fully saturated rings. The summed E-state index contributed by atoms with van der Waals surface area (Å²) in [6.45, 7) is 3.40. The average molecular weight is 271 g/mol. The van der Waals surface area contributed by atoms with E-state index in [-0.39, 0.29) is 0 Å². The number of hydrogen-bond acceptors (Lipinski definition) is 1. The molecule has 1 heteroatoms. The molecule has 0 aliphatic heterocycles. The first-order valence-corrected chi connectivity index (χ1v) is 8.36. The fourth-order valence-electron chi connectivity index (χ4n) is 3.07. The molecule has 1 atom stereocenters. The average Bonchev–Trinajstić information content (AvgIpc) is 2.52. The molecule has 0 radical (unpaired) electrons. The summed E-state index contributed by atoms with van der Waals surface area (Å²) in [6.07, 6.45) is 12.9. The summed E-state index contributed by atoms with van der Waals surface area (Å²) in [5, 5.41) is 3.76. The Bertz CT molecular complexity index is 393. The van der Waals surface area contributed by atoms with Gasteiger partial charge < -0.3 is 5.32 Å². The van der Waals surface area contributed by atoms with Gasteiger partial charge in [-0.05, 0) is 63.5 Å². The van der Waals surface area contributed by atoms with Gasteiger partial charge in [0, 0.05) is 6.04 Å². The predicted molar refractivity (Wildman–Crippen MR) is 88.0 cm³/mol. The largest absolute Gasteiger partial charge is 0.310 e. The molecule has 0 aromatic heterocycles. The van der Waals surface area contributed by atoms with E-state index >= 15 is 0 Å². The van der Waals surface area contributed by atoms with E-state index in [1.54, 1.807) is 5.57 Å². The van der Waals surface area contributed by atoms with Gasteiger partial charge in [-0.2, -0.15) is 0 Å². The quantitative estimate of drug-likeness (QED) is 0.665. The highest BCUT2D eigenvalue weighted by Crippen LogP contribution is 2.23. The lowest BCUT2D eigenvalue weighted by Crippen LogP contribution is -2.32. The van der Waals surface area contributed by atoms with Crippen molar-refractivity contribution in [1.29, 1.82) is 0 Å². The third-order valence-corrected chi connectivity index (χ3v) is 4.22. The van der Waals surface area contributed by atoms with Crippen LogP contribution in [0.25, 0.3) is 0 Å². The van der Waals surface area contributed by atoms with Crippen LogP contribution in [0.5, 0.6) is 0 Å². The first-order valence-electron chi connectivity index (χ1n) is 8.36. The second-order valence-corrected chi connectivity index (χ2v) is 5.91. The van der Waals surface area contributed by atoms with Crippen molar-refractivity contribution in [2.24, 2.45) is 0 Å². The van der Waals surface area contributed by atoms with Crippen LogP contribution in [0.15, 0.2) is 42.0 Å². The summed E-state index contributed by atoms with van der Waals surface area (Å²) < 4.78 is 0. The Morgan fingerprint density at radius 3 is 2.70 bits per heavy atom. The first kappa shape index (κ1) is 15.3. The van der Waals surface area contributed by atoms with E-state index in [9.17, 15) is 0 Å². The maximum Gasteiger partial charge on any atom is 0.0279 e. The summed E-state index contributed by atoms with van der Waals surface area (Å²) in [5.41, 5.74) is 3.15. The first-order chi connectivity index (χ1) is 9.90. The van der Waals surface area contributed by atoms with E-state index in [1.807, 2.05) is 0 Å². The summed E-state index contributed by atoms with van der Waals surface area (Å²) in [6, 6.07) is 11.5. The van der Waals surface area contributed by atoms with Gasteiger partial charge in [0.15, 0.2) is 0 Å². The fraction of sp³-hybridized carbons (Fsp3) is 0.579. The van der Waals surface area contributed by atoms with Gasteiger partial charge in [-0.3, -0.25) is 0 Å². The lowest BCUT2D eigenvalue weighted by molar-refractivity contribution is 0.489. The van der Waals surface area contributed by atoms with Crippen LogP contribution in [0.1, 0.15) is 57.4 Å². The van der Waals surface area contributed by atoms with Gasteiger partial charge in [-0.1, -0.05) is 48.9 Å². The molecule has 20 heavy (non-hydrogen) atoms. The Kier molecular flexibility index (Phi) is 6.86. The van der Waals surface area contributed by atoms with Crippen LogP contribution >= 0.6 is 0 Å². The van der Waals surface area contributed by atoms with Gasteiger partial charge >= 0.3 is 0 Å². The summed E-state index contributed by atoms with van der Waals surface area (Å²) in [5.74, 6) is 0. The number of rotatable bonds is 8. The predicted octanol–water partition coefficient (Wildman–Crippen LogP) is 4.88. The second-order valence-electron chi connectivity index (χ2n) is 5.91. The van der Waals surface area contributed by atoms with Gasteiger partial charge in [0.25, 0.3) is 0 Å². The summed E-state index contributed by atoms with van der Waals surface area (Å²) in [7, 11) is 0. The zero-order valence-corrected chi connectivity index (χ0v) is 12.9. The monoisotopic (exact) mass is 271 g/mol. The SMILES string of the molecule is CCCNC(CCCc1ccccc1)C1=CCCCC1. The fourth-order valence-corrected chi connectivity index (χ4v) is 3.07. The smallest absolute Gasteiger partial charge is 0.0279 e. The number of benzene rings is 1. The minimum atomic E-state index is 0.624. The molecule has 1 aromatic rings. The highest BCUT2D eigenvalue weighted by Gasteiger charge is 2.15. The van der Waals surface area contributed by atoms with E-state index in [4.69, 9.17) is 0 Å². The van der Waals surface area contributed by atoms with E-state index in [1.165, 1.54) is 56.9 Å². The molecule has 1 aromatic carbocycles. The number of hydrogen-bond donors (Lipinski definition) is 1. The second kappa shape index (κ2) is 8.97. The minimum Gasteiger partial charge on any atom is -0.310 e. The van der Waals surface area contributed by atoms with Crippen molar-refractivity contribution in [3.8, 4) is 0 Å². The third kappa shape index (κ3) is 5.13. The summed E-state index contributed by atoms with van der Waals surface area (Å²) >= 11 is 0. The molecule has 1 aliphatic rings. The van der Waals surface area contributed by atoms with Crippen LogP contribution in [0.2, 0.25) is 0 Å². The molecule has 110 valence electrons. The van der Waals surface area contributed by atoms with E-state index < -0.39 is 0 Å². The van der Waals surface area contributed by atoms with Crippen molar-refractivity contribution in [2.75, 3.05) is 6.54 Å². The van der Waals surface area contributed by atoms with Crippen LogP contribution in [0, 0.1) is 0 Å². The molecular formula is C19H29N. The normalized spacial score (nSPS) is 16.8. The Morgan fingerprint density at radius 2 is 2.00 bits per heavy atom. The van der Waals surface area contributed by atoms with Gasteiger partial charge in [0.1, 0.15) is 0 Å². The Hall–Kier alpha value is -1.08. The Morgan fingerprint density at radius 1 is 1.15 bits per heavy atom. The van der Waals surface area contributed by atoms with E-state index in [2.05, 4.69) is 48.6 Å². The molecule has 0 bridgehead atoms. The third-order valence-electron chi connectivity index (χ3n) is 4.22. The summed E-state index contributed by atoms with van der Waals surface area (Å²) in [4.78, 5) is 0. The highest BCUT2D eigenvalue weighted by molar-refractivity contribution is 5.16. The number of allylic oxidation sites excluding steroid dienone is 1. The topological polar surface area (TPSA) is 12.0 Å². The van der Waals surface area contributed by atoms with Crippen molar-refractivity contribution in [3.63, 3.8) is 0 Å². The lowest BCUT2D eigenvalue weighted by atomic mass is 9.90. The van der Waals surface area contributed by atoms with Gasteiger partial charge in [0.2, 0.25) is 0 Å². The standard InChI is InChI=1S/C19H29N/c1-2-16-20-19(18-13-7-4-8-14-18)15-9-12-17-10-5-3-6-11-17/h3,5-6,10-11,13,19-20H,2,4,7-9,12,14-16H2,1H3. The Labute approximate surface area is 124 Å². The highest BCUT2D eigenvalue weighted by atomic mass is 14.9. The molecule has 0 amide bonds. The van der Waals surface area contributed by atoms with Gasteiger partial charge in [-0.25, -0.2) is 0 Å². The molecule has 1 nitrogen and oxygen atoms in total. The molecule has 0 spiro atoms. The van der Waals surface area contributed by atoms with Crippen molar-refractivity contribution < 1.29 is 0 Å². The van der Waals surface area contributed by atoms with Crippen molar-refractivity contribution in [3.05, 3.63) is 47.5 Å². The van der Waals surface area contributed by atoms with Crippen LogP contribution < -0.4 is 5.32 Å². The molecule has 1 aliphatic carbocycles. The van der Waals surface area contributed by atoms with Crippen LogP contribution in [0.4, 0.5) is 0 Å². The molecule has 0 saturated heterocycles. The zero-order valence-electron chi connectivity index (χ0n) is 12.9. The van der Waals surface area contributed by atoms with Crippen molar-refractivity contribution in [2.45, 2.75) is 64.3 Å². The van der Waals surface area contributed by atoms with E-state index in [0.717, 1.165) is 6.54 Å². The molecule has 2 rings (SSSR count). The van der Waals surface area contributed by atoms with Crippen molar-refractivity contribution in [1.82, 2.24) is 5.32 Å². The van der Waals surface area contributed by atoms with E-state index in [0.29, 0.717) is 6.04 Å². The van der Waals surface area contributed by atoms with Crippen molar-refractivity contribution >= 4 is 0 Å². The maximum absolute atomic E-state index is 3.76. The zero-order chi connectivity index (χ0) is 14.0.